The van der Waals surface area contributed by atoms with Gasteiger partial charge in [0.25, 0.3) is 0 Å². The van der Waals surface area contributed by atoms with E-state index in [1.165, 1.54) is 30.4 Å². The van der Waals surface area contributed by atoms with Gasteiger partial charge in [0.1, 0.15) is 5.82 Å². The molecule has 0 aliphatic heterocycles. The van der Waals surface area contributed by atoms with Crippen LogP contribution in [0.5, 0.6) is 0 Å². The maximum atomic E-state index is 12.9. The van der Waals surface area contributed by atoms with E-state index in [0.717, 1.165) is 24.3 Å². The molecule has 0 saturated heterocycles. The fraction of sp³-hybridized carbons (Fsp3) is 0.0625. The second-order valence-electron chi connectivity index (χ2n) is 4.33. The number of carbonyl (C=O) groups is 1. The number of hydrogen-bond donors (Lipinski definition) is 0. The molecule has 0 N–H and O–H groups in total. The topological polar surface area (TPSA) is 17.1 Å². The Balaban J connectivity index is 2.14. The van der Waals surface area contributed by atoms with Gasteiger partial charge >= 0.3 is 6.18 Å². The zero-order valence-electron chi connectivity index (χ0n) is 10.7. The summed E-state index contributed by atoms with van der Waals surface area (Å²) in [6, 6.07) is 9.55. The minimum atomic E-state index is -4.43. The van der Waals surface area contributed by atoms with Crippen molar-refractivity contribution in [3.05, 3.63) is 77.1 Å². The van der Waals surface area contributed by atoms with Gasteiger partial charge in [-0.25, -0.2) is 4.39 Å². The van der Waals surface area contributed by atoms with Gasteiger partial charge in [-0.15, -0.1) is 0 Å². The SMILES string of the molecule is O=C(C=Cc1cccc(F)c1)c1ccc(C(F)(F)F)cc1. The van der Waals surface area contributed by atoms with Crippen LogP contribution in [0, 0.1) is 5.82 Å². The minimum absolute atomic E-state index is 0.135. The summed E-state index contributed by atoms with van der Waals surface area (Å²) in [7, 11) is 0. The van der Waals surface area contributed by atoms with Crippen molar-refractivity contribution < 1.29 is 22.4 Å². The van der Waals surface area contributed by atoms with Gasteiger partial charge in [0.2, 0.25) is 0 Å². The van der Waals surface area contributed by atoms with E-state index in [2.05, 4.69) is 0 Å². The van der Waals surface area contributed by atoms with E-state index in [1.807, 2.05) is 0 Å². The molecule has 0 heterocycles. The fourth-order valence-corrected chi connectivity index (χ4v) is 1.70. The van der Waals surface area contributed by atoms with Crippen LogP contribution in [0.15, 0.2) is 54.6 Å². The Morgan fingerprint density at radius 3 is 2.24 bits per heavy atom. The Morgan fingerprint density at radius 1 is 1.00 bits per heavy atom. The first kappa shape index (κ1) is 15.0. The van der Waals surface area contributed by atoms with Gasteiger partial charge in [0.05, 0.1) is 5.56 Å². The molecule has 0 aliphatic carbocycles. The number of alkyl halides is 3. The van der Waals surface area contributed by atoms with Crippen molar-refractivity contribution in [3.8, 4) is 0 Å². The van der Waals surface area contributed by atoms with E-state index in [0.29, 0.717) is 5.56 Å². The molecule has 0 radical (unpaired) electrons. The van der Waals surface area contributed by atoms with Gasteiger partial charge in [0, 0.05) is 5.56 Å². The third-order valence-electron chi connectivity index (χ3n) is 2.77. The average Bonchev–Trinajstić information content (AvgIpc) is 2.44. The molecule has 0 fully saturated rings. The lowest BCUT2D eigenvalue weighted by atomic mass is 10.1. The van der Waals surface area contributed by atoms with Crippen molar-refractivity contribution in [3.63, 3.8) is 0 Å². The van der Waals surface area contributed by atoms with Gasteiger partial charge < -0.3 is 0 Å². The van der Waals surface area contributed by atoms with Crippen molar-refractivity contribution >= 4 is 11.9 Å². The molecular weight excluding hydrogens is 284 g/mol. The van der Waals surface area contributed by atoms with E-state index >= 15 is 0 Å². The molecule has 5 heteroatoms. The summed E-state index contributed by atoms with van der Waals surface area (Å²) in [5.41, 5.74) is -0.181. The van der Waals surface area contributed by atoms with Crippen LogP contribution in [0.4, 0.5) is 17.6 Å². The quantitative estimate of drug-likeness (QED) is 0.454. The Kier molecular flexibility index (Phi) is 4.21. The van der Waals surface area contributed by atoms with Crippen LogP contribution < -0.4 is 0 Å². The number of halogens is 4. The number of rotatable bonds is 3. The molecule has 0 spiro atoms. The Morgan fingerprint density at radius 2 is 1.67 bits per heavy atom. The molecule has 0 bridgehead atoms. The zero-order chi connectivity index (χ0) is 15.5. The molecule has 0 unspecified atom stereocenters. The Labute approximate surface area is 118 Å². The van der Waals surface area contributed by atoms with Crippen LogP contribution in [0.3, 0.4) is 0 Å². The highest BCUT2D eigenvalue weighted by molar-refractivity contribution is 6.06. The molecule has 21 heavy (non-hydrogen) atoms. The zero-order valence-corrected chi connectivity index (χ0v) is 10.7. The van der Waals surface area contributed by atoms with E-state index < -0.39 is 23.3 Å². The van der Waals surface area contributed by atoms with E-state index in [-0.39, 0.29) is 5.56 Å². The van der Waals surface area contributed by atoms with Crippen LogP contribution in [0.1, 0.15) is 21.5 Å². The van der Waals surface area contributed by atoms with Crippen molar-refractivity contribution in [2.45, 2.75) is 6.18 Å². The second-order valence-corrected chi connectivity index (χ2v) is 4.33. The maximum absolute atomic E-state index is 12.9. The molecule has 0 amide bonds. The van der Waals surface area contributed by atoms with E-state index in [1.54, 1.807) is 6.07 Å². The number of hydrogen-bond acceptors (Lipinski definition) is 1. The van der Waals surface area contributed by atoms with Gasteiger partial charge in [0.15, 0.2) is 5.78 Å². The van der Waals surface area contributed by atoms with E-state index in [9.17, 15) is 22.4 Å². The van der Waals surface area contributed by atoms with Gasteiger partial charge in [-0.1, -0.05) is 30.3 Å². The number of carbonyl (C=O) groups excluding carboxylic acids is 1. The van der Waals surface area contributed by atoms with Crippen LogP contribution in [0.25, 0.3) is 6.08 Å². The first-order chi connectivity index (χ1) is 9.86. The van der Waals surface area contributed by atoms with Crippen molar-refractivity contribution in [2.24, 2.45) is 0 Å². The summed E-state index contributed by atoms with van der Waals surface area (Å²) < 4.78 is 50.1. The standard InChI is InChI=1S/C16H10F4O/c17-14-3-1-2-11(10-14)4-9-15(21)12-5-7-13(8-6-12)16(18,19)20/h1-10H. The summed E-state index contributed by atoms with van der Waals surface area (Å²) in [4.78, 5) is 11.8. The summed E-state index contributed by atoms with van der Waals surface area (Å²) >= 11 is 0. The van der Waals surface area contributed by atoms with E-state index in [4.69, 9.17) is 0 Å². The smallest absolute Gasteiger partial charge is 0.289 e. The third-order valence-corrected chi connectivity index (χ3v) is 2.77. The number of ketones is 1. The van der Waals surface area contributed by atoms with Crippen LogP contribution in [0.2, 0.25) is 0 Å². The summed E-state index contributed by atoms with van der Waals surface area (Å²) in [6.07, 6.45) is -1.83. The monoisotopic (exact) mass is 294 g/mol. The Bertz CT molecular complexity index is 669. The van der Waals surface area contributed by atoms with Gasteiger partial charge in [-0.3, -0.25) is 4.79 Å². The molecule has 0 atom stereocenters. The maximum Gasteiger partial charge on any atom is 0.416 e. The molecule has 0 aliphatic rings. The predicted octanol–water partition coefficient (Wildman–Crippen LogP) is 4.74. The third kappa shape index (κ3) is 4.02. The molecule has 2 rings (SSSR count). The van der Waals surface area contributed by atoms with Gasteiger partial charge in [-0.05, 0) is 35.9 Å². The minimum Gasteiger partial charge on any atom is -0.289 e. The van der Waals surface area contributed by atoms with Gasteiger partial charge in [-0.2, -0.15) is 13.2 Å². The Hall–Kier alpha value is -2.43. The predicted molar refractivity (Wildman–Crippen MR) is 71.2 cm³/mol. The van der Waals surface area contributed by atoms with Crippen LogP contribution in [-0.2, 0) is 6.18 Å². The number of allylic oxidation sites excluding steroid dienone is 1. The first-order valence-corrected chi connectivity index (χ1v) is 6.01. The summed E-state index contributed by atoms with van der Waals surface area (Å²) in [5, 5.41) is 0. The summed E-state index contributed by atoms with van der Waals surface area (Å²) in [6.45, 7) is 0. The molecule has 2 aromatic carbocycles. The molecule has 1 nitrogen and oxygen atoms in total. The average molecular weight is 294 g/mol. The van der Waals surface area contributed by atoms with Crippen molar-refractivity contribution in [1.29, 1.82) is 0 Å². The first-order valence-electron chi connectivity index (χ1n) is 6.01. The molecular formula is C16H10F4O. The highest BCUT2D eigenvalue weighted by Gasteiger charge is 2.30. The highest BCUT2D eigenvalue weighted by Crippen LogP contribution is 2.29. The van der Waals surface area contributed by atoms with Crippen molar-refractivity contribution in [2.75, 3.05) is 0 Å². The van der Waals surface area contributed by atoms with Crippen LogP contribution >= 0.6 is 0 Å². The lowest BCUT2D eigenvalue weighted by molar-refractivity contribution is -0.137. The molecule has 0 saturated carbocycles. The highest BCUT2D eigenvalue weighted by atomic mass is 19.4. The molecule has 2 aromatic rings. The molecule has 0 aromatic heterocycles. The molecule has 108 valence electrons. The summed E-state index contributed by atoms with van der Waals surface area (Å²) in [5.74, 6) is -0.882. The van der Waals surface area contributed by atoms with Crippen molar-refractivity contribution in [1.82, 2.24) is 0 Å². The normalized spacial score (nSPS) is 11.8. The lowest BCUT2D eigenvalue weighted by Crippen LogP contribution is -2.05. The number of benzene rings is 2. The lowest BCUT2D eigenvalue weighted by Gasteiger charge is -2.06. The van der Waals surface area contributed by atoms with Crippen LogP contribution in [-0.4, -0.2) is 5.78 Å². The fourth-order valence-electron chi connectivity index (χ4n) is 1.70. The second kappa shape index (κ2) is 5.91. The largest absolute Gasteiger partial charge is 0.416 e.